The minimum absolute atomic E-state index is 0.0216. The van der Waals surface area contributed by atoms with E-state index in [0.29, 0.717) is 18.0 Å². The number of hydrogen-bond donors (Lipinski definition) is 2. The summed E-state index contributed by atoms with van der Waals surface area (Å²) in [4.78, 5) is 11.0. The van der Waals surface area contributed by atoms with Crippen LogP contribution < -0.4 is 4.72 Å². The predicted molar refractivity (Wildman–Crippen MR) is 77.3 cm³/mol. The fraction of sp³-hybridized carbons (Fsp3) is 0.500. The number of aromatic carboxylic acids is 1. The number of carboxylic acids is 1. The van der Waals surface area contributed by atoms with Crippen LogP contribution in [0.3, 0.4) is 0 Å². The third-order valence-electron chi connectivity index (χ3n) is 3.46. The van der Waals surface area contributed by atoms with Gasteiger partial charge >= 0.3 is 5.97 Å². The highest BCUT2D eigenvalue weighted by atomic mass is 32.2. The minimum atomic E-state index is -3.69. The van der Waals surface area contributed by atoms with Gasteiger partial charge in [-0.25, -0.2) is 17.9 Å². The van der Waals surface area contributed by atoms with Gasteiger partial charge < -0.3 is 5.11 Å². The van der Waals surface area contributed by atoms with Crippen molar-refractivity contribution >= 4 is 16.0 Å². The molecule has 5 nitrogen and oxygen atoms in total. The first kappa shape index (κ1) is 16.7. The van der Waals surface area contributed by atoms with Crippen molar-refractivity contribution in [3.05, 3.63) is 29.3 Å². The van der Waals surface area contributed by atoms with Crippen molar-refractivity contribution in [2.75, 3.05) is 6.54 Å². The first-order chi connectivity index (χ1) is 9.15. The second kappa shape index (κ2) is 6.37. The van der Waals surface area contributed by atoms with Gasteiger partial charge in [-0.2, -0.15) is 0 Å². The number of benzene rings is 1. The van der Waals surface area contributed by atoms with E-state index in [1.807, 2.05) is 20.8 Å². The third kappa shape index (κ3) is 4.05. The maximum Gasteiger partial charge on any atom is 0.335 e. The molecule has 0 bridgehead atoms. The van der Waals surface area contributed by atoms with E-state index in [0.717, 1.165) is 0 Å². The molecule has 0 aliphatic rings. The molecule has 1 unspecified atom stereocenters. The molecule has 0 radical (unpaired) electrons. The van der Waals surface area contributed by atoms with E-state index in [1.165, 1.54) is 18.2 Å². The van der Waals surface area contributed by atoms with E-state index in [9.17, 15) is 13.2 Å². The molecule has 112 valence electrons. The summed E-state index contributed by atoms with van der Waals surface area (Å²) in [5, 5.41) is 8.94. The van der Waals surface area contributed by atoms with Crippen LogP contribution in [0.5, 0.6) is 0 Å². The number of nitrogens with one attached hydrogen (secondary N) is 1. The quantitative estimate of drug-likeness (QED) is 0.844. The van der Waals surface area contributed by atoms with Crippen LogP contribution in [0.4, 0.5) is 0 Å². The molecule has 0 aliphatic carbocycles. The summed E-state index contributed by atoms with van der Waals surface area (Å²) >= 11 is 0. The molecule has 0 aliphatic heterocycles. The van der Waals surface area contributed by atoms with E-state index in [1.54, 1.807) is 6.92 Å². The molecule has 0 saturated heterocycles. The van der Waals surface area contributed by atoms with Crippen molar-refractivity contribution in [1.29, 1.82) is 0 Å². The number of carboxylic acid groups (broad SMARTS) is 1. The standard InChI is InChI=1S/C14H21NO4S/c1-9(2)11(4)8-15-20(18,19)13-7-12(14(16)17)6-5-10(13)3/h5-7,9,11,15H,8H2,1-4H3,(H,16,17). The molecule has 0 saturated carbocycles. The summed E-state index contributed by atoms with van der Waals surface area (Å²) in [6, 6.07) is 4.09. The average molecular weight is 299 g/mol. The van der Waals surface area contributed by atoms with Crippen molar-refractivity contribution in [2.45, 2.75) is 32.6 Å². The largest absolute Gasteiger partial charge is 0.478 e. The molecule has 1 atom stereocenters. The Kier molecular flexibility index (Phi) is 5.30. The zero-order valence-electron chi connectivity index (χ0n) is 12.2. The van der Waals surface area contributed by atoms with E-state index in [2.05, 4.69) is 4.72 Å². The number of carbonyl (C=O) groups is 1. The normalized spacial score (nSPS) is 13.4. The lowest BCUT2D eigenvalue weighted by atomic mass is 9.99. The van der Waals surface area contributed by atoms with Gasteiger partial charge in [0.2, 0.25) is 10.0 Å². The van der Waals surface area contributed by atoms with Crippen molar-refractivity contribution in [3.8, 4) is 0 Å². The van der Waals surface area contributed by atoms with Gasteiger partial charge in [-0.05, 0) is 36.5 Å². The zero-order valence-corrected chi connectivity index (χ0v) is 13.0. The van der Waals surface area contributed by atoms with Crippen molar-refractivity contribution in [3.63, 3.8) is 0 Å². The van der Waals surface area contributed by atoms with Gasteiger partial charge in [0.1, 0.15) is 0 Å². The molecule has 0 heterocycles. The SMILES string of the molecule is Cc1ccc(C(=O)O)cc1S(=O)(=O)NCC(C)C(C)C. The Bertz CT molecular complexity index is 593. The Labute approximate surface area is 120 Å². The predicted octanol–water partition coefficient (Wildman–Crippen LogP) is 2.26. The van der Waals surface area contributed by atoms with Gasteiger partial charge in [-0.3, -0.25) is 0 Å². The first-order valence-corrected chi connectivity index (χ1v) is 7.97. The highest BCUT2D eigenvalue weighted by molar-refractivity contribution is 7.89. The molecule has 2 N–H and O–H groups in total. The maximum atomic E-state index is 12.3. The Morgan fingerprint density at radius 1 is 1.30 bits per heavy atom. The van der Waals surface area contributed by atoms with Crippen LogP contribution in [0.1, 0.15) is 36.7 Å². The van der Waals surface area contributed by atoms with Crippen LogP contribution in [0, 0.1) is 18.8 Å². The van der Waals surface area contributed by atoms with Gasteiger partial charge in [0.25, 0.3) is 0 Å². The lowest BCUT2D eigenvalue weighted by Gasteiger charge is -2.17. The van der Waals surface area contributed by atoms with Crippen LogP contribution in [-0.2, 0) is 10.0 Å². The summed E-state index contributed by atoms with van der Waals surface area (Å²) in [5.74, 6) is -0.575. The fourth-order valence-corrected chi connectivity index (χ4v) is 2.99. The van der Waals surface area contributed by atoms with Gasteiger partial charge in [0, 0.05) is 6.54 Å². The number of sulfonamides is 1. The number of rotatable bonds is 6. The van der Waals surface area contributed by atoms with Crippen LogP contribution in [0.2, 0.25) is 0 Å². The lowest BCUT2D eigenvalue weighted by Crippen LogP contribution is -2.30. The monoisotopic (exact) mass is 299 g/mol. The molecule has 20 heavy (non-hydrogen) atoms. The molecule has 1 aromatic carbocycles. The van der Waals surface area contributed by atoms with Gasteiger partial charge in [-0.15, -0.1) is 0 Å². The third-order valence-corrected chi connectivity index (χ3v) is 5.02. The highest BCUT2D eigenvalue weighted by Crippen LogP contribution is 2.18. The van der Waals surface area contributed by atoms with Crippen molar-refractivity contribution in [1.82, 2.24) is 4.72 Å². The smallest absolute Gasteiger partial charge is 0.335 e. The summed E-state index contributed by atoms with van der Waals surface area (Å²) in [5.41, 5.74) is 0.493. The Morgan fingerprint density at radius 3 is 2.40 bits per heavy atom. The van der Waals surface area contributed by atoms with E-state index < -0.39 is 16.0 Å². The molecule has 1 aromatic rings. The molecule has 0 aromatic heterocycles. The number of aryl methyl sites for hydroxylation is 1. The summed E-state index contributed by atoms with van der Waals surface area (Å²) in [7, 11) is -3.69. The maximum absolute atomic E-state index is 12.3. The van der Waals surface area contributed by atoms with Crippen LogP contribution >= 0.6 is 0 Å². The Hall–Kier alpha value is -1.40. The highest BCUT2D eigenvalue weighted by Gasteiger charge is 2.20. The average Bonchev–Trinajstić information content (AvgIpc) is 2.35. The lowest BCUT2D eigenvalue weighted by molar-refractivity contribution is 0.0696. The molecular weight excluding hydrogens is 278 g/mol. The number of hydrogen-bond acceptors (Lipinski definition) is 3. The second-order valence-electron chi connectivity index (χ2n) is 5.36. The van der Waals surface area contributed by atoms with Gasteiger partial charge in [0.15, 0.2) is 0 Å². The van der Waals surface area contributed by atoms with Gasteiger partial charge in [0.05, 0.1) is 10.5 Å². The van der Waals surface area contributed by atoms with Crippen LogP contribution in [0.25, 0.3) is 0 Å². The van der Waals surface area contributed by atoms with E-state index in [-0.39, 0.29) is 16.4 Å². The van der Waals surface area contributed by atoms with E-state index in [4.69, 9.17) is 5.11 Å². The van der Waals surface area contributed by atoms with Gasteiger partial charge in [-0.1, -0.05) is 26.8 Å². The second-order valence-corrected chi connectivity index (χ2v) is 7.09. The first-order valence-electron chi connectivity index (χ1n) is 6.48. The fourth-order valence-electron chi connectivity index (χ4n) is 1.58. The molecule has 6 heteroatoms. The molecule has 0 amide bonds. The Balaban J connectivity index is 3.03. The van der Waals surface area contributed by atoms with E-state index >= 15 is 0 Å². The van der Waals surface area contributed by atoms with Crippen molar-refractivity contribution in [2.24, 2.45) is 11.8 Å². The molecule has 0 spiro atoms. The Morgan fingerprint density at radius 2 is 1.90 bits per heavy atom. The molecule has 0 fully saturated rings. The molecular formula is C14H21NO4S. The minimum Gasteiger partial charge on any atom is -0.478 e. The zero-order chi connectivity index (χ0) is 15.5. The van der Waals surface area contributed by atoms with Crippen LogP contribution in [-0.4, -0.2) is 26.0 Å². The topological polar surface area (TPSA) is 83.5 Å². The summed E-state index contributed by atoms with van der Waals surface area (Å²) in [6.07, 6.45) is 0. The summed E-state index contributed by atoms with van der Waals surface area (Å²) < 4.78 is 27.0. The molecule has 1 rings (SSSR count). The summed E-state index contributed by atoms with van der Waals surface area (Å²) in [6.45, 7) is 7.99. The van der Waals surface area contributed by atoms with Crippen LogP contribution in [0.15, 0.2) is 23.1 Å². The van der Waals surface area contributed by atoms with Crippen molar-refractivity contribution < 1.29 is 18.3 Å².